The Labute approximate surface area is 221 Å². The third kappa shape index (κ3) is 12.9. The number of aromatic hydroxyl groups is 1. The number of hydrogen-bond acceptors (Lipinski definition) is 6. The molecule has 1 aromatic carbocycles. The monoisotopic (exact) mass is 510 g/mol. The van der Waals surface area contributed by atoms with Gasteiger partial charge in [-0.2, -0.15) is 0 Å². The molecule has 2 amide bonds. The lowest BCUT2D eigenvalue weighted by molar-refractivity contribution is -0.129. The average Bonchev–Trinajstić information content (AvgIpc) is 2.90. The summed E-state index contributed by atoms with van der Waals surface area (Å²) < 4.78 is 5.46. The van der Waals surface area contributed by atoms with E-state index in [2.05, 4.69) is 27.5 Å². The number of benzene rings is 1. The zero-order chi connectivity index (χ0) is 26.7. The topological polar surface area (TPSA) is 113 Å². The van der Waals surface area contributed by atoms with E-state index >= 15 is 0 Å². The molecule has 202 valence electrons. The molecule has 37 heavy (non-hydrogen) atoms. The van der Waals surface area contributed by atoms with E-state index in [0.29, 0.717) is 23.5 Å². The maximum Gasteiger partial charge on any atom is 0.258 e. The van der Waals surface area contributed by atoms with E-state index in [9.17, 15) is 14.7 Å². The number of pyridine rings is 1. The van der Waals surface area contributed by atoms with Crippen LogP contribution >= 0.6 is 0 Å². The van der Waals surface area contributed by atoms with Crippen LogP contribution in [0.25, 0.3) is 0 Å². The van der Waals surface area contributed by atoms with Crippen molar-refractivity contribution in [1.29, 1.82) is 0 Å². The average molecular weight is 511 g/mol. The Bertz CT molecular complexity index is 966. The minimum absolute atomic E-state index is 0.0229. The van der Waals surface area contributed by atoms with E-state index in [0.717, 1.165) is 12.8 Å². The molecule has 1 aromatic heterocycles. The van der Waals surface area contributed by atoms with Gasteiger partial charge in [-0.15, -0.1) is 0 Å². The summed E-state index contributed by atoms with van der Waals surface area (Å²) in [5.41, 5.74) is 1.17. The van der Waals surface area contributed by atoms with E-state index in [1.165, 1.54) is 63.6 Å². The number of aromatic nitrogens is 1. The van der Waals surface area contributed by atoms with Crippen molar-refractivity contribution in [3.63, 3.8) is 0 Å². The van der Waals surface area contributed by atoms with Gasteiger partial charge in [-0.1, -0.05) is 64.7 Å². The first-order valence-corrected chi connectivity index (χ1v) is 13.5. The molecule has 0 radical (unpaired) electrons. The van der Waals surface area contributed by atoms with Crippen LogP contribution in [0, 0.1) is 0 Å². The number of aliphatic imine (C=N–C) groups is 1. The van der Waals surface area contributed by atoms with Crippen molar-refractivity contribution < 1.29 is 19.4 Å². The lowest BCUT2D eigenvalue weighted by atomic mass is 10.1. The van der Waals surface area contributed by atoms with Crippen LogP contribution in [0.4, 0.5) is 5.69 Å². The highest BCUT2D eigenvalue weighted by Crippen LogP contribution is 2.23. The Hall–Kier alpha value is -3.42. The molecule has 8 heteroatoms. The van der Waals surface area contributed by atoms with Gasteiger partial charge in [0.15, 0.2) is 6.61 Å². The largest absolute Gasteiger partial charge is 0.507 e. The lowest BCUT2D eigenvalue weighted by Gasteiger charge is -2.14. The maximum atomic E-state index is 12.2. The van der Waals surface area contributed by atoms with Crippen molar-refractivity contribution in [3.05, 3.63) is 48.3 Å². The molecule has 0 saturated carbocycles. The summed E-state index contributed by atoms with van der Waals surface area (Å²) in [6.45, 7) is 4.23. The van der Waals surface area contributed by atoms with Crippen LogP contribution in [0.5, 0.6) is 11.5 Å². The van der Waals surface area contributed by atoms with Gasteiger partial charge in [-0.05, 0) is 37.6 Å². The van der Waals surface area contributed by atoms with Gasteiger partial charge in [-0.25, -0.2) is 0 Å². The van der Waals surface area contributed by atoms with Crippen LogP contribution < -0.4 is 15.4 Å². The summed E-state index contributed by atoms with van der Waals surface area (Å²) in [6.07, 6.45) is 17.2. The van der Waals surface area contributed by atoms with E-state index in [1.54, 1.807) is 43.6 Å². The van der Waals surface area contributed by atoms with Crippen molar-refractivity contribution in [2.75, 3.05) is 13.2 Å². The number of hydrogen-bond donors (Lipinski definition) is 3. The molecular formula is C29H42N4O4. The maximum absolute atomic E-state index is 12.2. The number of ether oxygens (including phenoxy) is 1. The van der Waals surface area contributed by atoms with Gasteiger partial charge in [0.25, 0.3) is 5.91 Å². The number of unbranched alkanes of at least 4 members (excludes halogenated alkanes) is 9. The van der Waals surface area contributed by atoms with E-state index in [-0.39, 0.29) is 18.3 Å². The number of carbonyl (C=O) groups excluding carboxylic acids is 2. The summed E-state index contributed by atoms with van der Waals surface area (Å²) in [6, 6.07) is 7.62. The second-order valence-electron chi connectivity index (χ2n) is 9.24. The van der Waals surface area contributed by atoms with E-state index in [1.807, 2.05) is 0 Å². The van der Waals surface area contributed by atoms with Crippen molar-refractivity contribution >= 4 is 23.7 Å². The Morgan fingerprint density at radius 1 is 1.05 bits per heavy atom. The normalized spacial score (nSPS) is 11.8. The molecule has 0 spiro atoms. The van der Waals surface area contributed by atoms with Crippen molar-refractivity contribution in [3.8, 4) is 11.5 Å². The van der Waals surface area contributed by atoms with Gasteiger partial charge in [0.05, 0.1) is 11.9 Å². The van der Waals surface area contributed by atoms with Gasteiger partial charge < -0.3 is 20.5 Å². The molecule has 2 aromatic rings. The summed E-state index contributed by atoms with van der Waals surface area (Å²) in [5, 5.41) is 15.7. The Balaban J connectivity index is 1.59. The van der Waals surface area contributed by atoms with Gasteiger partial charge >= 0.3 is 0 Å². The molecule has 0 bridgehead atoms. The molecular weight excluding hydrogens is 468 g/mol. The molecule has 0 fully saturated rings. The lowest BCUT2D eigenvalue weighted by Crippen LogP contribution is -2.46. The Morgan fingerprint density at radius 3 is 2.41 bits per heavy atom. The zero-order valence-electron chi connectivity index (χ0n) is 22.2. The predicted molar refractivity (Wildman–Crippen MR) is 148 cm³/mol. The zero-order valence-corrected chi connectivity index (χ0v) is 22.2. The van der Waals surface area contributed by atoms with Crippen molar-refractivity contribution in [1.82, 2.24) is 15.6 Å². The summed E-state index contributed by atoms with van der Waals surface area (Å²) >= 11 is 0. The fourth-order valence-electron chi connectivity index (χ4n) is 3.77. The summed E-state index contributed by atoms with van der Waals surface area (Å²) in [5.74, 6) is -0.308. The van der Waals surface area contributed by atoms with Crippen LogP contribution in [0.15, 0.2) is 47.7 Å². The van der Waals surface area contributed by atoms with Crippen LogP contribution in [0.3, 0.4) is 0 Å². The van der Waals surface area contributed by atoms with Crippen LogP contribution in [0.2, 0.25) is 0 Å². The van der Waals surface area contributed by atoms with E-state index in [4.69, 9.17) is 4.74 Å². The van der Waals surface area contributed by atoms with E-state index < -0.39 is 11.9 Å². The number of rotatable bonds is 18. The minimum Gasteiger partial charge on any atom is -0.507 e. The van der Waals surface area contributed by atoms with Crippen LogP contribution in [-0.2, 0) is 9.59 Å². The number of nitrogens with zero attached hydrogens (tertiary/aromatic N) is 2. The second kappa shape index (κ2) is 17.9. The molecule has 2 rings (SSSR count). The Kier molecular flexibility index (Phi) is 14.4. The third-order valence-electron chi connectivity index (χ3n) is 5.97. The number of amides is 2. The highest BCUT2D eigenvalue weighted by Gasteiger charge is 2.15. The molecule has 1 atom stereocenters. The molecule has 3 N–H and O–H groups in total. The number of nitrogens with one attached hydrogen (secondary N) is 2. The quantitative estimate of drug-likeness (QED) is 0.182. The summed E-state index contributed by atoms with van der Waals surface area (Å²) in [4.78, 5) is 32.7. The number of carbonyl (C=O) groups is 2. The second-order valence-corrected chi connectivity index (χ2v) is 9.24. The molecule has 0 unspecified atom stereocenters. The number of phenols is 1. The van der Waals surface area contributed by atoms with Gasteiger partial charge in [0.2, 0.25) is 5.91 Å². The predicted octanol–water partition coefficient (Wildman–Crippen LogP) is 5.46. The molecule has 0 aliphatic carbocycles. The fourth-order valence-corrected chi connectivity index (χ4v) is 3.77. The van der Waals surface area contributed by atoms with Gasteiger partial charge in [0.1, 0.15) is 17.5 Å². The highest BCUT2D eigenvalue weighted by molar-refractivity contribution is 5.88. The van der Waals surface area contributed by atoms with Gasteiger partial charge in [0, 0.05) is 30.6 Å². The smallest absolute Gasteiger partial charge is 0.258 e. The SMILES string of the molecule is CCCCCCCCCCCCNC(=O)[C@H](C)NC(=O)COc1ccc(C=Nc2cccnc2)c(O)c1. The van der Waals surface area contributed by atoms with Crippen LogP contribution in [0.1, 0.15) is 83.6 Å². The summed E-state index contributed by atoms with van der Waals surface area (Å²) in [7, 11) is 0. The Morgan fingerprint density at radius 2 is 1.76 bits per heavy atom. The first-order valence-electron chi connectivity index (χ1n) is 13.5. The first-order chi connectivity index (χ1) is 18.0. The van der Waals surface area contributed by atoms with Crippen molar-refractivity contribution in [2.45, 2.75) is 84.1 Å². The third-order valence-corrected chi connectivity index (χ3v) is 5.97. The standard InChI is InChI=1S/C29H42N4O4/c1-3-4-5-6-7-8-9-10-11-12-18-31-29(36)23(2)33-28(35)22-37-26-16-15-24(27(34)19-26)20-32-25-14-13-17-30-21-25/h13-17,19-21,23,34H,3-12,18,22H2,1-2H3,(H,31,36)(H,33,35)/t23-/m0/s1. The fraction of sp³-hybridized carbons (Fsp3) is 0.517. The molecule has 0 saturated heterocycles. The first kappa shape index (κ1) is 29.8. The van der Waals surface area contributed by atoms with Gasteiger partial charge in [-0.3, -0.25) is 19.6 Å². The molecule has 0 aliphatic rings. The molecule has 8 nitrogen and oxygen atoms in total. The van der Waals surface area contributed by atoms with Crippen LogP contribution in [-0.4, -0.2) is 47.3 Å². The molecule has 1 heterocycles. The highest BCUT2D eigenvalue weighted by atomic mass is 16.5. The number of phenolic OH excluding ortho intramolecular Hbond substituents is 1. The minimum atomic E-state index is -0.654. The van der Waals surface area contributed by atoms with Crippen molar-refractivity contribution in [2.24, 2.45) is 4.99 Å². The molecule has 0 aliphatic heterocycles.